The zero-order valence-corrected chi connectivity index (χ0v) is 28.1. The van der Waals surface area contributed by atoms with E-state index in [0.717, 1.165) is 48.8 Å². The number of halogens is 2. The molecule has 0 N–H and O–H groups in total. The minimum atomic E-state index is -1.57. The number of aromatic nitrogens is 4. The zero-order valence-electron chi connectivity index (χ0n) is 27.3. The Kier molecular flexibility index (Phi) is 10.5. The van der Waals surface area contributed by atoms with E-state index in [-0.39, 0.29) is 12.1 Å². The van der Waals surface area contributed by atoms with Crippen LogP contribution in [-0.2, 0) is 28.2 Å². The number of carbonyl (C=O) groups excluding carboxylic acids is 1. The fourth-order valence-corrected chi connectivity index (χ4v) is 7.09. The lowest BCUT2D eigenvalue weighted by atomic mass is 9.81. The first kappa shape index (κ1) is 34.0. The lowest BCUT2D eigenvalue weighted by Gasteiger charge is -2.38. The summed E-state index contributed by atoms with van der Waals surface area (Å²) in [4.78, 5) is 24.5. The summed E-state index contributed by atoms with van der Waals surface area (Å²) in [6, 6.07) is 19.7. The highest BCUT2D eigenvalue weighted by molar-refractivity contribution is 7.10. The molecule has 0 radical (unpaired) electrons. The number of benzene rings is 3. The monoisotopic (exact) mass is 682 g/mol. The van der Waals surface area contributed by atoms with Crippen LogP contribution in [0.15, 0.2) is 84.8 Å². The summed E-state index contributed by atoms with van der Waals surface area (Å²) in [5.74, 6) is -2.07. The van der Waals surface area contributed by atoms with Crippen LogP contribution in [0.1, 0.15) is 64.7 Å². The zero-order chi connectivity index (χ0) is 34.4. The third-order valence-electron chi connectivity index (χ3n) is 9.13. The summed E-state index contributed by atoms with van der Waals surface area (Å²) >= 11 is 1.35. The van der Waals surface area contributed by atoms with Crippen LogP contribution in [0.25, 0.3) is 11.3 Å². The molecule has 0 aliphatic carbocycles. The number of nitrogens with zero attached hydrogens (tertiary/aromatic N) is 6. The number of carbonyl (C=O) groups is 1. The number of hydrogen-bond acceptors (Lipinski definition) is 9. The standard InChI is InChI=1S/C37H36F2N6O3S/c1-25-13-15-44(16-14-25)19-28-5-9-30(10-6-28)36(46)47-24-48-37(21-45-23-41-22-42-45,32-12-11-31(38)17-33(32)39)26(2)35-43-34(20-49-35)29-7-3-27(18-40)4-8-29/h3-12,17,20,22-23,25-26H,13-16,19,21,24H2,1-2H3/t26-,37+/m0/s1. The number of hydrogen-bond donors (Lipinski definition) is 0. The first-order valence-electron chi connectivity index (χ1n) is 16.1. The number of thiazole rings is 1. The first-order valence-corrected chi connectivity index (χ1v) is 17.0. The molecule has 252 valence electrons. The van der Waals surface area contributed by atoms with Crippen molar-refractivity contribution in [3.8, 4) is 17.3 Å². The van der Waals surface area contributed by atoms with Crippen molar-refractivity contribution in [3.63, 3.8) is 0 Å². The highest BCUT2D eigenvalue weighted by atomic mass is 32.1. The van der Waals surface area contributed by atoms with Crippen molar-refractivity contribution in [2.24, 2.45) is 5.92 Å². The average Bonchev–Trinajstić information content (AvgIpc) is 3.82. The highest BCUT2D eigenvalue weighted by Gasteiger charge is 2.45. The van der Waals surface area contributed by atoms with Crippen LogP contribution >= 0.6 is 11.3 Å². The van der Waals surface area contributed by atoms with Crippen LogP contribution in [0.2, 0.25) is 0 Å². The minimum absolute atomic E-state index is 0.0412. The van der Waals surface area contributed by atoms with Crippen LogP contribution in [0.5, 0.6) is 0 Å². The molecule has 3 heterocycles. The number of piperidine rings is 1. The molecule has 0 saturated carbocycles. The van der Waals surface area contributed by atoms with Crippen molar-refractivity contribution in [1.29, 1.82) is 5.26 Å². The number of nitriles is 1. The number of ether oxygens (including phenoxy) is 2. The van der Waals surface area contributed by atoms with E-state index in [1.807, 2.05) is 24.4 Å². The van der Waals surface area contributed by atoms with Gasteiger partial charge in [0, 0.05) is 35.0 Å². The Labute approximate surface area is 287 Å². The summed E-state index contributed by atoms with van der Waals surface area (Å²) < 4.78 is 43.5. The van der Waals surface area contributed by atoms with E-state index in [1.165, 1.54) is 47.6 Å². The van der Waals surface area contributed by atoms with Crippen molar-refractivity contribution >= 4 is 17.3 Å². The molecule has 0 unspecified atom stereocenters. The van der Waals surface area contributed by atoms with Gasteiger partial charge in [0.2, 0.25) is 0 Å². The van der Waals surface area contributed by atoms with Gasteiger partial charge in [-0.3, -0.25) is 4.90 Å². The largest absolute Gasteiger partial charge is 0.435 e. The fraction of sp³-hybridized carbons (Fsp3) is 0.324. The first-order chi connectivity index (χ1) is 23.7. The minimum Gasteiger partial charge on any atom is -0.435 e. The number of likely N-dealkylation sites (tertiary alicyclic amines) is 1. The smallest absolute Gasteiger partial charge is 0.340 e. The van der Waals surface area contributed by atoms with Crippen molar-refractivity contribution in [2.45, 2.75) is 51.3 Å². The lowest BCUT2D eigenvalue weighted by Crippen LogP contribution is -2.42. The van der Waals surface area contributed by atoms with Gasteiger partial charge in [-0.2, -0.15) is 10.4 Å². The average molecular weight is 683 g/mol. The molecule has 12 heteroatoms. The van der Waals surface area contributed by atoms with Gasteiger partial charge in [0.15, 0.2) is 6.79 Å². The van der Waals surface area contributed by atoms with Gasteiger partial charge in [-0.05, 0) is 67.7 Å². The third kappa shape index (κ3) is 7.91. The van der Waals surface area contributed by atoms with Crippen molar-refractivity contribution in [1.82, 2.24) is 24.6 Å². The summed E-state index contributed by atoms with van der Waals surface area (Å²) in [5, 5.41) is 15.9. The molecule has 3 aromatic carbocycles. The molecule has 6 rings (SSSR count). The van der Waals surface area contributed by atoms with E-state index in [1.54, 1.807) is 36.4 Å². The van der Waals surface area contributed by atoms with Gasteiger partial charge < -0.3 is 9.47 Å². The molecule has 0 amide bonds. The molecule has 1 aliphatic rings. The maximum absolute atomic E-state index is 15.7. The molecular formula is C37H36F2N6O3S. The molecule has 9 nitrogen and oxygen atoms in total. The second-order valence-electron chi connectivity index (χ2n) is 12.4. The summed E-state index contributed by atoms with van der Waals surface area (Å²) in [6.07, 6.45) is 5.18. The fourth-order valence-electron chi connectivity index (χ4n) is 6.12. The predicted octanol–water partition coefficient (Wildman–Crippen LogP) is 7.31. The molecule has 1 aliphatic heterocycles. The van der Waals surface area contributed by atoms with Crippen LogP contribution in [-0.4, -0.2) is 50.5 Å². The molecule has 1 fully saturated rings. The molecule has 5 aromatic rings. The Morgan fingerprint density at radius 3 is 2.53 bits per heavy atom. The van der Waals surface area contributed by atoms with Gasteiger partial charge in [0.25, 0.3) is 0 Å². The Morgan fingerprint density at radius 2 is 1.86 bits per heavy atom. The lowest BCUT2D eigenvalue weighted by molar-refractivity contribution is -0.148. The van der Waals surface area contributed by atoms with Crippen molar-refractivity contribution < 1.29 is 23.0 Å². The number of esters is 1. The van der Waals surface area contributed by atoms with E-state index in [9.17, 15) is 14.4 Å². The summed E-state index contributed by atoms with van der Waals surface area (Å²) in [5.41, 5.74) is 1.93. The molecule has 1 saturated heterocycles. The van der Waals surface area contributed by atoms with Gasteiger partial charge >= 0.3 is 5.97 Å². The molecule has 49 heavy (non-hydrogen) atoms. The molecule has 0 bridgehead atoms. The maximum Gasteiger partial charge on any atom is 0.340 e. The Morgan fingerprint density at radius 1 is 1.10 bits per heavy atom. The van der Waals surface area contributed by atoms with E-state index in [4.69, 9.17) is 14.5 Å². The second kappa shape index (κ2) is 15.2. The maximum atomic E-state index is 15.7. The van der Waals surface area contributed by atoms with Crippen LogP contribution in [0.3, 0.4) is 0 Å². The highest BCUT2D eigenvalue weighted by Crippen LogP contribution is 2.44. The molecule has 2 aromatic heterocycles. The van der Waals surface area contributed by atoms with Gasteiger partial charge in [-0.1, -0.05) is 44.2 Å². The SMILES string of the molecule is CC1CCN(Cc2ccc(C(=O)OCO[C@@](Cn3cncn3)(c3ccc(F)cc3F)[C@@H](C)c3nc(-c4ccc(C#N)cc4)cs3)cc2)CC1. The third-order valence-corrected chi connectivity index (χ3v) is 10.2. The topological polar surface area (TPSA) is 106 Å². The summed E-state index contributed by atoms with van der Waals surface area (Å²) in [6.45, 7) is 6.46. The predicted molar refractivity (Wildman–Crippen MR) is 180 cm³/mol. The van der Waals surface area contributed by atoms with E-state index in [2.05, 4.69) is 28.0 Å². The van der Waals surface area contributed by atoms with Crippen LogP contribution < -0.4 is 0 Å². The Balaban J connectivity index is 1.25. The van der Waals surface area contributed by atoms with Gasteiger partial charge in [0.05, 0.1) is 34.4 Å². The normalized spacial score (nSPS) is 15.7. The van der Waals surface area contributed by atoms with Crippen LogP contribution in [0, 0.1) is 28.9 Å². The quantitative estimate of drug-likeness (QED) is 0.0997. The number of rotatable bonds is 12. The second-order valence-corrected chi connectivity index (χ2v) is 13.3. The Bertz CT molecular complexity index is 1900. The van der Waals surface area contributed by atoms with Gasteiger partial charge in [-0.15, -0.1) is 11.3 Å². The summed E-state index contributed by atoms with van der Waals surface area (Å²) in [7, 11) is 0. The van der Waals surface area contributed by atoms with E-state index >= 15 is 4.39 Å². The van der Waals surface area contributed by atoms with Crippen LogP contribution in [0.4, 0.5) is 8.78 Å². The van der Waals surface area contributed by atoms with E-state index in [0.29, 0.717) is 21.8 Å². The molecule has 0 spiro atoms. The molecular weight excluding hydrogens is 647 g/mol. The van der Waals surface area contributed by atoms with Gasteiger partial charge in [0.1, 0.15) is 29.9 Å². The Hall–Kier alpha value is -4.83. The van der Waals surface area contributed by atoms with Gasteiger partial charge in [-0.25, -0.2) is 28.2 Å². The van der Waals surface area contributed by atoms with E-state index < -0.39 is 35.9 Å². The van der Waals surface area contributed by atoms with Crippen molar-refractivity contribution in [2.75, 3.05) is 19.9 Å². The van der Waals surface area contributed by atoms with Crippen molar-refractivity contribution in [3.05, 3.63) is 124 Å². The molecule has 2 atom stereocenters.